The van der Waals surface area contributed by atoms with Crippen LogP contribution in [-0.2, 0) is 4.79 Å². The standard InChI is InChI=1S/C10H5BrINO3S/c11-5-1-4(2-6(12)8(5)14)3-7-9(15)13-10(16)17-7/h1-3,14H,(H,13,15,16)/b7-3+. The number of phenols is 1. The lowest BCUT2D eigenvalue weighted by Gasteiger charge is -2.02. The second-order valence-corrected chi connectivity index (χ2v) is 6.22. The first-order chi connectivity index (χ1) is 7.97. The molecule has 0 atom stereocenters. The Balaban J connectivity index is 2.40. The lowest BCUT2D eigenvalue weighted by atomic mass is 10.2. The van der Waals surface area contributed by atoms with E-state index in [0.29, 0.717) is 12.9 Å². The maximum atomic E-state index is 11.3. The molecule has 1 fully saturated rings. The zero-order valence-electron chi connectivity index (χ0n) is 8.16. The maximum Gasteiger partial charge on any atom is 0.290 e. The van der Waals surface area contributed by atoms with Crippen LogP contribution < -0.4 is 5.32 Å². The van der Waals surface area contributed by atoms with E-state index in [1.807, 2.05) is 22.6 Å². The Kier molecular flexibility index (Phi) is 3.79. The van der Waals surface area contributed by atoms with Gasteiger partial charge in [-0.25, -0.2) is 0 Å². The van der Waals surface area contributed by atoms with Crippen molar-refractivity contribution < 1.29 is 14.7 Å². The molecule has 1 heterocycles. The number of phenolic OH excluding ortho intramolecular Hbond substituents is 1. The van der Waals surface area contributed by atoms with Gasteiger partial charge in [0.1, 0.15) is 5.75 Å². The quantitative estimate of drug-likeness (QED) is 0.536. The van der Waals surface area contributed by atoms with Crippen LogP contribution in [0.25, 0.3) is 6.08 Å². The molecule has 2 rings (SSSR count). The molecule has 4 nitrogen and oxygen atoms in total. The van der Waals surface area contributed by atoms with Gasteiger partial charge in [-0.1, -0.05) is 0 Å². The monoisotopic (exact) mass is 425 g/mol. The number of hydrogen-bond acceptors (Lipinski definition) is 4. The Bertz CT molecular complexity index is 535. The number of rotatable bonds is 1. The summed E-state index contributed by atoms with van der Waals surface area (Å²) >= 11 is 6.07. The fraction of sp³-hybridized carbons (Fsp3) is 0. The molecular formula is C10H5BrINO3S. The molecule has 0 radical (unpaired) electrons. The summed E-state index contributed by atoms with van der Waals surface area (Å²) in [5.41, 5.74) is 0.742. The van der Waals surface area contributed by atoms with Crippen molar-refractivity contribution in [2.24, 2.45) is 0 Å². The molecule has 0 aliphatic carbocycles. The zero-order chi connectivity index (χ0) is 12.6. The molecule has 0 spiro atoms. The van der Waals surface area contributed by atoms with E-state index in [4.69, 9.17) is 0 Å². The van der Waals surface area contributed by atoms with Gasteiger partial charge in [-0.15, -0.1) is 0 Å². The summed E-state index contributed by atoms with van der Waals surface area (Å²) in [4.78, 5) is 22.7. The molecule has 2 amide bonds. The Morgan fingerprint density at radius 3 is 2.65 bits per heavy atom. The van der Waals surface area contributed by atoms with Crippen LogP contribution in [0, 0.1) is 3.57 Å². The topological polar surface area (TPSA) is 66.4 Å². The Morgan fingerprint density at radius 1 is 1.41 bits per heavy atom. The minimum atomic E-state index is -0.390. The highest BCUT2D eigenvalue weighted by Crippen LogP contribution is 2.33. The van der Waals surface area contributed by atoms with Crippen LogP contribution in [0.3, 0.4) is 0 Å². The number of carbonyl (C=O) groups excluding carboxylic acids is 2. The highest BCUT2D eigenvalue weighted by atomic mass is 127. The van der Waals surface area contributed by atoms with E-state index in [-0.39, 0.29) is 16.9 Å². The molecule has 17 heavy (non-hydrogen) atoms. The number of carbonyl (C=O) groups is 2. The summed E-state index contributed by atoms with van der Waals surface area (Å²) in [6, 6.07) is 3.41. The number of nitrogens with one attached hydrogen (secondary N) is 1. The van der Waals surface area contributed by atoms with E-state index in [1.165, 1.54) is 0 Å². The molecular weight excluding hydrogens is 421 g/mol. The van der Waals surface area contributed by atoms with E-state index in [2.05, 4.69) is 21.2 Å². The first-order valence-corrected chi connectivity index (χ1v) is 7.09. The third kappa shape index (κ3) is 2.83. The van der Waals surface area contributed by atoms with Gasteiger partial charge in [-0.3, -0.25) is 14.9 Å². The summed E-state index contributed by atoms with van der Waals surface area (Å²) in [5.74, 6) is -0.230. The molecule has 0 saturated carbocycles. The van der Waals surface area contributed by atoms with Crippen molar-refractivity contribution >= 4 is 67.5 Å². The fourth-order valence-electron chi connectivity index (χ4n) is 1.24. The summed E-state index contributed by atoms with van der Waals surface area (Å²) in [6.07, 6.45) is 1.61. The molecule has 0 unspecified atom stereocenters. The average molecular weight is 426 g/mol. The number of halogens is 2. The number of benzene rings is 1. The highest BCUT2D eigenvalue weighted by molar-refractivity contribution is 14.1. The minimum Gasteiger partial charge on any atom is -0.506 e. The predicted octanol–water partition coefficient (Wildman–Crippen LogP) is 3.08. The molecule has 1 aliphatic rings. The third-order valence-electron chi connectivity index (χ3n) is 1.98. The number of thioether (sulfide) groups is 1. The van der Waals surface area contributed by atoms with Crippen molar-refractivity contribution in [2.45, 2.75) is 0 Å². The average Bonchev–Trinajstić information content (AvgIpc) is 2.54. The van der Waals surface area contributed by atoms with E-state index in [0.717, 1.165) is 17.3 Å². The van der Waals surface area contributed by atoms with Crippen molar-refractivity contribution in [3.05, 3.63) is 30.6 Å². The van der Waals surface area contributed by atoms with Gasteiger partial charge in [0.25, 0.3) is 11.1 Å². The van der Waals surface area contributed by atoms with Crippen LogP contribution in [-0.4, -0.2) is 16.3 Å². The van der Waals surface area contributed by atoms with Gasteiger partial charge in [0.15, 0.2) is 0 Å². The van der Waals surface area contributed by atoms with Crippen LogP contribution in [0.4, 0.5) is 4.79 Å². The lowest BCUT2D eigenvalue weighted by molar-refractivity contribution is -0.115. The van der Waals surface area contributed by atoms with Crippen LogP contribution in [0.1, 0.15) is 5.56 Å². The SMILES string of the molecule is O=C1NC(=O)/C(=C\c2cc(Br)c(O)c(I)c2)S1. The van der Waals surface area contributed by atoms with Gasteiger partial charge < -0.3 is 5.11 Å². The van der Waals surface area contributed by atoms with E-state index in [1.54, 1.807) is 18.2 Å². The summed E-state index contributed by atoms with van der Waals surface area (Å²) in [6.45, 7) is 0. The van der Waals surface area contributed by atoms with Gasteiger partial charge in [-0.2, -0.15) is 0 Å². The molecule has 0 bridgehead atoms. The van der Waals surface area contributed by atoms with Crippen LogP contribution in [0.5, 0.6) is 5.75 Å². The van der Waals surface area contributed by atoms with Crippen molar-refractivity contribution in [1.82, 2.24) is 5.32 Å². The molecule has 1 aliphatic heterocycles. The summed E-state index contributed by atoms with van der Waals surface area (Å²) < 4.78 is 1.21. The lowest BCUT2D eigenvalue weighted by Crippen LogP contribution is -2.17. The summed E-state index contributed by atoms with van der Waals surface area (Å²) in [5, 5.41) is 11.4. The number of aromatic hydroxyl groups is 1. The number of hydrogen-bond donors (Lipinski definition) is 2. The Labute approximate surface area is 123 Å². The van der Waals surface area contributed by atoms with Gasteiger partial charge >= 0.3 is 0 Å². The van der Waals surface area contributed by atoms with Crippen molar-refractivity contribution in [3.63, 3.8) is 0 Å². The number of imide groups is 1. The highest BCUT2D eigenvalue weighted by Gasteiger charge is 2.25. The Morgan fingerprint density at radius 2 is 2.12 bits per heavy atom. The molecule has 1 aromatic carbocycles. The zero-order valence-corrected chi connectivity index (χ0v) is 12.7. The molecule has 88 valence electrons. The van der Waals surface area contributed by atoms with E-state index >= 15 is 0 Å². The van der Waals surface area contributed by atoms with Crippen LogP contribution >= 0.6 is 50.3 Å². The minimum absolute atomic E-state index is 0.160. The normalized spacial score (nSPS) is 17.6. The van der Waals surface area contributed by atoms with Crippen LogP contribution in [0.2, 0.25) is 0 Å². The molecule has 2 N–H and O–H groups in total. The first kappa shape index (κ1) is 12.9. The molecule has 1 saturated heterocycles. The van der Waals surface area contributed by atoms with Gasteiger partial charge in [-0.05, 0) is 74.1 Å². The molecule has 0 aromatic heterocycles. The van der Waals surface area contributed by atoms with Crippen molar-refractivity contribution in [3.8, 4) is 5.75 Å². The van der Waals surface area contributed by atoms with E-state index in [9.17, 15) is 14.7 Å². The van der Waals surface area contributed by atoms with Gasteiger partial charge in [0.05, 0.1) is 12.9 Å². The second kappa shape index (κ2) is 4.99. The largest absolute Gasteiger partial charge is 0.506 e. The Hall–Kier alpha value is -0.540. The molecule has 1 aromatic rings. The smallest absolute Gasteiger partial charge is 0.290 e. The van der Waals surface area contributed by atoms with Gasteiger partial charge in [0.2, 0.25) is 0 Å². The summed E-state index contributed by atoms with van der Waals surface area (Å²) in [7, 11) is 0. The first-order valence-electron chi connectivity index (χ1n) is 4.40. The fourth-order valence-corrected chi connectivity index (χ4v) is 3.42. The maximum absolute atomic E-state index is 11.3. The predicted molar refractivity (Wildman–Crippen MR) is 77.6 cm³/mol. The van der Waals surface area contributed by atoms with Crippen molar-refractivity contribution in [2.75, 3.05) is 0 Å². The van der Waals surface area contributed by atoms with Crippen LogP contribution in [0.15, 0.2) is 21.5 Å². The molecule has 7 heteroatoms. The third-order valence-corrected chi connectivity index (χ3v) is 4.22. The van der Waals surface area contributed by atoms with Crippen molar-refractivity contribution in [1.29, 1.82) is 0 Å². The number of amides is 2. The van der Waals surface area contributed by atoms with E-state index < -0.39 is 0 Å². The van der Waals surface area contributed by atoms with Gasteiger partial charge in [0, 0.05) is 0 Å². The second-order valence-electron chi connectivity index (χ2n) is 3.19.